The molecule has 0 radical (unpaired) electrons. The third kappa shape index (κ3) is 3.44. The zero-order valence-electron chi connectivity index (χ0n) is 15.0. The van der Waals surface area contributed by atoms with E-state index in [1.807, 2.05) is 67.7 Å². The molecule has 134 valence electrons. The molecular weight excluding hydrogens is 358 g/mol. The lowest BCUT2D eigenvalue weighted by molar-refractivity contribution is 0.420. The Kier molecular flexibility index (Phi) is 4.65. The maximum absolute atomic E-state index is 6.09. The molecule has 0 saturated carbocycles. The Hall–Kier alpha value is -3.11. The van der Waals surface area contributed by atoms with Crippen molar-refractivity contribution in [3.8, 4) is 5.75 Å². The van der Waals surface area contributed by atoms with Gasteiger partial charge >= 0.3 is 0 Å². The number of anilines is 1. The quantitative estimate of drug-likeness (QED) is 0.362. The van der Waals surface area contributed by atoms with Crippen LogP contribution in [0.15, 0.2) is 65.8 Å². The number of rotatable bonds is 4. The molecule has 4 nitrogen and oxygen atoms in total. The summed E-state index contributed by atoms with van der Waals surface area (Å²) in [5.74, 6) is 0.850. The van der Waals surface area contributed by atoms with Crippen molar-refractivity contribution in [2.75, 3.05) is 12.5 Å². The number of benzene rings is 3. The predicted molar refractivity (Wildman–Crippen MR) is 113 cm³/mol. The Morgan fingerprint density at radius 2 is 1.81 bits per heavy atom. The monoisotopic (exact) mass is 375 g/mol. The molecule has 0 aliphatic rings. The molecular formula is C22H18ClN3O. The van der Waals surface area contributed by atoms with Crippen LogP contribution in [0, 0.1) is 6.92 Å². The first-order chi connectivity index (χ1) is 13.2. The van der Waals surface area contributed by atoms with Crippen LogP contribution in [-0.4, -0.2) is 18.3 Å². The predicted octanol–water partition coefficient (Wildman–Crippen LogP) is 5.80. The summed E-state index contributed by atoms with van der Waals surface area (Å²) < 4.78 is 5.45. The fourth-order valence-corrected chi connectivity index (χ4v) is 3.35. The van der Waals surface area contributed by atoms with Gasteiger partial charge in [-0.25, -0.2) is 0 Å². The molecule has 0 bridgehead atoms. The van der Waals surface area contributed by atoms with Gasteiger partial charge in [0, 0.05) is 27.1 Å². The molecule has 0 aliphatic carbocycles. The number of nitrogens with zero attached hydrogens (tertiary/aromatic N) is 2. The van der Waals surface area contributed by atoms with Crippen LogP contribution in [0.5, 0.6) is 5.75 Å². The zero-order valence-corrected chi connectivity index (χ0v) is 15.8. The van der Waals surface area contributed by atoms with Gasteiger partial charge in [-0.3, -0.25) is 10.4 Å². The van der Waals surface area contributed by atoms with Crippen LogP contribution < -0.4 is 10.2 Å². The van der Waals surface area contributed by atoms with E-state index in [4.69, 9.17) is 16.3 Å². The highest BCUT2D eigenvalue weighted by molar-refractivity contribution is 6.31. The lowest BCUT2D eigenvalue weighted by Crippen LogP contribution is -1.95. The number of hydrazone groups is 1. The topological polar surface area (TPSA) is 46.5 Å². The Morgan fingerprint density at radius 1 is 1.00 bits per heavy atom. The normalized spacial score (nSPS) is 11.4. The van der Waals surface area contributed by atoms with Crippen LogP contribution in [-0.2, 0) is 0 Å². The highest BCUT2D eigenvalue weighted by Gasteiger charge is 2.06. The summed E-state index contributed by atoms with van der Waals surface area (Å²) in [7, 11) is 1.68. The van der Waals surface area contributed by atoms with Gasteiger partial charge in [-0.2, -0.15) is 5.10 Å². The fourth-order valence-electron chi connectivity index (χ4n) is 3.18. The number of hydrogen-bond donors (Lipinski definition) is 1. The molecule has 0 unspecified atom stereocenters. The molecule has 0 amide bonds. The first-order valence-corrected chi connectivity index (χ1v) is 8.95. The minimum Gasteiger partial charge on any atom is -0.496 e. The van der Waals surface area contributed by atoms with E-state index in [1.54, 1.807) is 7.11 Å². The second-order valence-corrected chi connectivity index (χ2v) is 6.68. The average Bonchev–Trinajstić information content (AvgIpc) is 2.67. The van der Waals surface area contributed by atoms with E-state index >= 15 is 0 Å². The van der Waals surface area contributed by atoms with Gasteiger partial charge in [0.25, 0.3) is 0 Å². The number of ether oxygens (including phenoxy) is 1. The van der Waals surface area contributed by atoms with E-state index in [-0.39, 0.29) is 0 Å². The van der Waals surface area contributed by atoms with Gasteiger partial charge in [-0.05, 0) is 48.7 Å². The maximum Gasteiger partial charge on any atom is 0.126 e. The summed E-state index contributed by atoms with van der Waals surface area (Å²) in [5.41, 5.74) is 6.79. The van der Waals surface area contributed by atoms with Crippen molar-refractivity contribution >= 4 is 45.2 Å². The summed E-state index contributed by atoms with van der Waals surface area (Å²) >= 11 is 6.09. The van der Waals surface area contributed by atoms with Gasteiger partial charge in [0.2, 0.25) is 0 Å². The van der Waals surface area contributed by atoms with Gasteiger partial charge in [0.1, 0.15) is 5.75 Å². The third-order valence-electron chi connectivity index (χ3n) is 4.43. The number of nitrogens with one attached hydrogen (secondary N) is 1. The van der Waals surface area contributed by atoms with Crippen LogP contribution >= 0.6 is 11.6 Å². The number of fused-ring (bicyclic) bond motifs is 2. The van der Waals surface area contributed by atoms with Crippen molar-refractivity contribution < 1.29 is 4.74 Å². The first-order valence-electron chi connectivity index (χ1n) is 8.57. The maximum atomic E-state index is 6.09. The minimum absolute atomic E-state index is 0.666. The Morgan fingerprint density at radius 3 is 2.63 bits per heavy atom. The third-order valence-corrected chi connectivity index (χ3v) is 4.66. The lowest BCUT2D eigenvalue weighted by Gasteiger charge is -2.09. The van der Waals surface area contributed by atoms with Crippen molar-refractivity contribution in [2.24, 2.45) is 5.10 Å². The zero-order chi connectivity index (χ0) is 18.8. The number of halogens is 1. The van der Waals surface area contributed by atoms with Crippen LogP contribution in [0.1, 0.15) is 11.3 Å². The van der Waals surface area contributed by atoms with E-state index in [2.05, 4.69) is 21.6 Å². The summed E-state index contributed by atoms with van der Waals surface area (Å²) in [6.45, 7) is 1.95. The van der Waals surface area contributed by atoms with Gasteiger partial charge in [-0.1, -0.05) is 35.9 Å². The SMILES string of the molecule is COc1ccc(/C=N/Nc2cc(C)nc3cc(Cl)ccc23)c2ccccc12. The Labute approximate surface area is 162 Å². The van der Waals surface area contributed by atoms with Crippen molar-refractivity contribution in [1.29, 1.82) is 0 Å². The summed E-state index contributed by atoms with van der Waals surface area (Å²) in [6.07, 6.45) is 1.82. The van der Waals surface area contributed by atoms with Gasteiger partial charge in [-0.15, -0.1) is 0 Å². The van der Waals surface area contributed by atoms with E-state index in [9.17, 15) is 0 Å². The summed E-state index contributed by atoms with van der Waals surface area (Å²) in [5, 5.41) is 8.24. The molecule has 0 aliphatic heterocycles. The highest BCUT2D eigenvalue weighted by atomic mass is 35.5. The van der Waals surface area contributed by atoms with E-state index in [0.717, 1.165) is 44.4 Å². The molecule has 0 saturated heterocycles. The second kappa shape index (κ2) is 7.25. The van der Waals surface area contributed by atoms with Crippen molar-refractivity contribution in [1.82, 2.24) is 4.98 Å². The number of pyridine rings is 1. The van der Waals surface area contributed by atoms with Crippen LogP contribution in [0.4, 0.5) is 5.69 Å². The molecule has 1 aromatic heterocycles. The molecule has 4 rings (SSSR count). The van der Waals surface area contributed by atoms with Gasteiger partial charge in [0.05, 0.1) is 24.5 Å². The van der Waals surface area contributed by atoms with Crippen LogP contribution in [0.25, 0.3) is 21.7 Å². The molecule has 0 fully saturated rings. The van der Waals surface area contributed by atoms with Crippen LogP contribution in [0.2, 0.25) is 5.02 Å². The number of aryl methyl sites for hydroxylation is 1. The largest absolute Gasteiger partial charge is 0.496 e. The highest BCUT2D eigenvalue weighted by Crippen LogP contribution is 2.28. The van der Waals surface area contributed by atoms with E-state index < -0.39 is 0 Å². The smallest absolute Gasteiger partial charge is 0.126 e. The lowest BCUT2D eigenvalue weighted by atomic mass is 10.0. The summed E-state index contributed by atoms with van der Waals surface area (Å²) in [4.78, 5) is 4.53. The molecule has 1 heterocycles. The molecule has 3 aromatic carbocycles. The molecule has 4 aromatic rings. The van der Waals surface area contributed by atoms with Crippen molar-refractivity contribution in [2.45, 2.75) is 6.92 Å². The van der Waals surface area contributed by atoms with Crippen LogP contribution in [0.3, 0.4) is 0 Å². The molecule has 1 N–H and O–H groups in total. The molecule has 0 spiro atoms. The number of methoxy groups -OCH3 is 1. The van der Waals surface area contributed by atoms with E-state index in [0.29, 0.717) is 5.02 Å². The second-order valence-electron chi connectivity index (χ2n) is 6.25. The molecule has 27 heavy (non-hydrogen) atoms. The van der Waals surface area contributed by atoms with Gasteiger partial charge < -0.3 is 4.74 Å². The number of hydrogen-bond acceptors (Lipinski definition) is 4. The average molecular weight is 376 g/mol. The molecule has 5 heteroatoms. The summed E-state index contributed by atoms with van der Waals surface area (Å²) in [6, 6.07) is 19.7. The Balaban J connectivity index is 1.70. The molecule has 0 atom stereocenters. The van der Waals surface area contributed by atoms with Gasteiger partial charge in [0.15, 0.2) is 0 Å². The first kappa shape index (κ1) is 17.3. The fraction of sp³-hybridized carbons (Fsp3) is 0.0909. The van der Waals surface area contributed by atoms with Crippen molar-refractivity contribution in [3.05, 3.63) is 76.9 Å². The Bertz CT molecular complexity index is 1170. The van der Waals surface area contributed by atoms with Crippen molar-refractivity contribution in [3.63, 3.8) is 0 Å². The van der Waals surface area contributed by atoms with E-state index in [1.165, 1.54) is 0 Å². The standard InChI is InChI=1S/C22H18ClN3O/c1-14-11-21(19-9-8-16(23)12-20(19)25-14)26-24-13-15-7-10-22(27-2)18-6-4-3-5-17(15)18/h3-13H,1-2H3,(H,25,26)/b24-13+. The minimum atomic E-state index is 0.666. The number of aromatic nitrogens is 1.